The molecule has 0 radical (unpaired) electrons. The second-order valence-electron chi connectivity index (χ2n) is 14.1. The summed E-state index contributed by atoms with van der Waals surface area (Å²) in [6, 6.07) is 12.0. The third-order valence-electron chi connectivity index (χ3n) is 11.4. The van der Waals surface area contributed by atoms with Gasteiger partial charge >= 0.3 is 12.2 Å². The van der Waals surface area contributed by atoms with Crippen LogP contribution in [0.3, 0.4) is 0 Å². The lowest BCUT2D eigenvalue weighted by Gasteiger charge is -2.38. The molecule has 3 aromatic rings. The van der Waals surface area contributed by atoms with Gasteiger partial charge in [0, 0.05) is 37.3 Å². The highest BCUT2D eigenvalue weighted by atomic mass is 16.4. The van der Waals surface area contributed by atoms with Crippen LogP contribution in [0.4, 0.5) is 9.59 Å². The van der Waals surface area contributed by atoms with Gasteiger partial charge in [-0.25, -0.2) is 14.6 Å². The maximum atomic E-state index is 13.7. The topological polar surface area (TPSA) is 234 Å². The zero-order valence-electron chi connectivity index (χ0n) is 29.0. The van der Waals surface area contributed by atoms with Crippen LogP contribution in [0.1, 0.15) is 62.5 Å². The molecule has 4 aliphatic heterocycles. The number of hydrogen-bond donors (Lipinski definition) is 4. The Hall–Kier alpha value is -5.93. The normalized spacial score (nSPS) is 25.6. The predicted octanol–water partition coefficient (Wildman–Crippen LogP) is 2.90. The van der Waals surface area contributed by atoms with Crippen LogP contribution in [0.5, 0.6) is 0 Å². The number of aromatic nitrogens is 1. The molecule has 278 valence electrons. The highest BCUT2D eigenvalue weighted by Crippen LogP contribution is 2.43. The molecule has 4 atom stereocenters. The van der Waals surface area contributed by atoms with Crippen molar-refractivity contribution in [1.29, 1.82) is 0 Å². The summed E-state index contributed by atoms with van der Waals surface area (Å²) >= 11 is 0. The average Bonchev–Trinajstić information content (AvgIpc) is 3.99. The van der Waals surface area contributed by atoms with E-state index >= 15 is 0 Å². The van der Waals surface area contributed by atoms with Crippen LogP contribution in [0, 0.1) is 0 Å². The number of oxazole rings is 1. The van der Waals surface area contributed by atoms with Crippen LogP contribution >= 0.6 is 0 Å². The van der Waals surface area contributed by atoms with Crippen molar-refractivity contribution in [3.8, 4) is 22.8 Å². The Labute approximate surface area is 304 Å². The maximum absolute atomic E-state index is 13.7. The number of carbonyl (C=O) groups is 6. The molecule has 53 heavy (non-hydrogen) atoms. The van der Waals surface area contributed by atoms with E-state index in [1.165, 1.54) is 9.80 Å². The van der Waals surface area contributed by atoms with Crippen molar-refractivity contribution in [2.75, 3.05) is 26.2 Å². The van der Waals surface area contributed by atoms with Crippen molar-refractivity contribution >= 4 is 35.8 Å². The Morgan fingerprint density at radius 1 is 0.642 bits per heavy atom. The van der Waals surface area contributed by atoms with Crippen molar-refractivity contribution < 1.29 is 43.4 Å². The number of hydrogen-bond acceptors (Lipinski definition) is 8. The van der Waals surface area contributed by atoms with Crippen LogP contribution in [0.2, 0.25) is 0 Å². The molecule has 0 aliphatic carbocycles. The van der Waals surface area contributed by atoms with Gasteiger partial charge in [0.15, 0.2) is 5.76 Å². The molecule has 4 aliphatic rings. The van der Waals surface area contributed by atoms with E-state index in [2.05, 4.69) is 4.98 Å². The number of carboxylic acid groups (broad SMARTS) is 2. The molecule has 16 heteroatoms. The molecule has 4 fully saturated rings. The molecule has 7 rings (SSSR count). The maximum Gasteiger partial charge on any atom is 0.407 e. The minimum absolute atomic E-state index is 0.253. The predicted molar refractivity (Wildman–Crippen MR) is 187 cm³/mol. The minimum atomic E-state index is -1.43. The van der Waals surface area contributed by atoms with E-state index in [1.54, 1.807) is 54.7 Å². The highest BCUT2D eigenvalue weighted by molar-refractivity contribution is 5.96. The van der Waals surface area contributed by atoms with Gasteiger partial charge < -0.3 is 35.9 Å². The van der Waals surface area contributed by atoms with Gasteiger partial charge in [0.1, 0.15) is 23.2 Å². The van der Waals surface area contributed by atoms with E-state index in [-0.39, 0.29) is 32.1 Å². The Kier molecular flexibility index (Phi) is 9.08. The monoisotopic (exact) mass is 727 g/mol. The number of amides is 6. The lowest BCUT2D eigenvalue weighted by Crippen LogP contribution is -2.58. The highest BCUT2D eigenvalue weighted by Gasteiger charge is 2.54. The molecule has 16 nitrogen and oxygen atoms in total. The van der Waals surface area contributed by atoms with E-state index in [1.807, 2.05) is 0 Å². The van der Waals surface area contributed by atoms with Gasteiger partial charge in [-0.1, -0.05) is 36.4 Å². The van der Waals surface area contributed by atoms with Crippen molar-refractivity contribution in [3.05, 3.63) is 65.9 Å². The van der Waals surface area contributed by atoms with Crippen LogP contribution in [0.25, 0.3) is 22.8 Å². The summed E-state index contributed by atoms with van der Waals surface area (Å²) in [7, 11) is 0. The van der Waals surface area contributed by atoms with Gasteiger partial charge in [-0.15, -0.1) is 0 Å². The summed E-state index contributed by atoms with van der Waals surface area (Å²) in [5, 5.41) is 19.2. The smallest absolute Gasteiger partial charge is 0.407 e. The number of carbonyl (C=O) groups excluding carboxylic acids is 4. The summed E-state index contributed by atoms with van der Waals surface area (Å²) in [6.45, 7) is 1.05. The fraction of sp³-hybridized carbons (Fsp3) is 0.432. The average molecular weight is 728 g/mol. The molecule has 0 saturated carbocycles. The number of benzene rings is 2. The molecule has 2 aromatic carbocycles. The molecule has 0 unspecified atom stereocenters. The van der Waals surface area contributed by atoms with Crippen molar-refractivity contribution in [1.82, 2.24) is 24.6 Å². The first kappa shape index (κ1) is 35.5. The summed E-state index contributed by atoms with van der Waals surface area (Å²) in [4.78, 5) is 86.7. The molecule has 5 heterocycles. The van der Waals surface area contributed by atoms with Crippen LogP contribution in [-0.4, -0.2) is 109 Å². The third kappa shape index (κ3) is 5.72. The summed E-state index contributed by atoms with van der Waals surface area (Å²) in [5.41, 5.74) is 11.4. The molecular weight excluding hydrogens is 686 g/mol. The first-order valence-corrected chi connectivity index (χ1v) is 17.8. The standard InChI is InChI=1S/C37H41N7O9/c38-32(47)36(15-3-19-43(36)30(45)26-5-1-17-41(26)34(49)50)24-11-7-22(8-12-24)28-21-40-29(53-28)23-9-13-25(14-10-23)37(33(39)48)16-4-20-44(37)31(46)27-6-2-18-42(27)35(51)52/h7-14,21,26-27H,1-6,15-20H2,(H2,38,47)(H2,39,48)(H,49,50)(H,51,52)/t26-,27-,36-,37-/m0/s1. The molecule has 1 aromatic heterocycles. The molecule has 4 saturated heterocycles. The quantitative estimate of drug-likeness (QED) is 0.265. The SMILES string of the molecule is NC(=O)[C@@]1(c2ccc(-c3cnc(-c4ccc([C@]5(C(N)=O)CCCN5C(=O)[C@@H]5CCCN5C(=O)O)cc4)o3)cc2)CCCN1C(=O)[C@@H]1CCCN1C(=O)O. The molecule has 6 amide bonds. The lowest BCUT2D eigenvalue weighted by molar-refractivity contribution is -0.147. The molecule has 0 bridgehead atoms. The largest absolute Gasteiger partial charge is 0.465 e. The van der Waals surface area contributed by atoms with Crippen LogP contribution in [-0.2, 0) is 30.3 Å². The van der Waals surface area contributed by atoms with Gasteiger partial charge in [-0.05, 0) is 74.6 Å². The zero-order valence-corrected chi connectivity index (χ0v) is 29.0. The van der Waals surface area contributed by atoms with Crippen molar-refractivity contribution in [2.45, 2.75) is 74.5 Å². The molecule has 0 spiro atoms. The van der Waals surface area contributed by atoms with Gasteiger partial charge in [0.2, 0.25) is 29.5 Å². The number of nitrogens with zero attached hydrogens (tertiary/aromatic N) is 5. The van der Waals surface area contributed by atoms with E-state index in [0.29, 0.717) is 79.4 Å². The first-order chi connectivity index (χ1) is 25.4. The third-order valence-corrected chi connectivity index (χ3v) is 11.4. The molecular formula is C37H41N7O9. The second-order valence-corrected chi connectivity index (χ2v) is 14.1. The van der Waals surface area contributed by atoms with E-state index < -0.39 is 59.0 Å². The van der Waals surface area contributed by atoms with Gasteiger partial charge in [0.05, 0.1) is 6.20 Å². The zero-order chi connectivity index (χ0) is 37.7. The Bertz CT molecular complexity index is 1830. The van der Waals surface area contributed by atoms with E-state index in [9.17, 15) is 39.0 Å². The lowest BCUT2D eigenvalue weighted by atomic mass is 9.85. The number of rotatable bonds is 8. The first-order valence-electron chi connectivity index (χ1n) is 17.8. The summed E-state index contributed by atoms with van der Waals surface area (Å²) in [6.07, 6.45) is 2.73. The van der Waals surface area contributed by atoms with Crippen LogP contribution < -0.4 is 11.5 Å². The number of likely N-dealkylation sites (tertiary alicyclic amines) is 4. The second kappa shape index (κ2) is 13.6. The van der Waals surface area contributed by atoms with Crippen molar-refractivity contribution in [2.24, 2.45) is 11.5 Å². The summed E-state index contributed by atoms with van der Waals surface area (Å²) < 4.78 is 6.11. The van der Waals surface area contributed by atoms with Gasteiger partial charge in [-0.3, -0.25) is 29.0 Å². The van der Waals surface area contributed by atoms with Crippen molar-refractivity contribution in [3.63, 3.8) is 0 Å². The Morgan fingerprint density at radius 2 is 1.08 bits per heavy atom. The van der Waals surface area contributed by atoms with Crippen LogP contribution in [0.15, 0.2) is 59.1 Å². The Balaban J connectivity index is 1.11. The fourth-order valence-electron chi connectivity index (χ4n) is 8.84. The summed E-state index contributed by atoms with van der Waals surface area (Å²) in [5.74, 6) is -1.53. The minimum Gasteiger partial charge on any atom is -0.465 e. The fourth-order valence-corrected chi connectivity index (χ4v) is 8.84. The van der Waals surface area contributed by atoms with Gasteiger partial charge in [-0.2, -0.15) is 0 Å². The number of nitrogens with two attached hydrogens (primary N) is 2. The van der Waals surface area contributed by atoms with Gasteiger partial charge in [0.25, 0.3) is 0 Å². The van der Waals surface area contributed by atoms with E-state index in [0.717, 1.165) is 9.80 Å². The molecule has 6 N–H and O–H groups in total. The number of primary amides is 2. The Morgan fingerprint density at radius 3 is 1.49 bits per heavy atom. The van der Waals surface area contributed by atoms with E-state index in [4.69, 9.17) is 15.9 Å².